The Balaban J connectivity index is 1.40. The number of rotatable bonds is 1. The van der Waals surface area contributed by atoms with Gasteiger partial charge >= 0.3 is 0 Å². The Kier molecular flexibility index (Phi) is 5.57. The first-order chi connectivity index (χ1) is 23.1. The van der Waals surface area contributed by atoms with Gasteiger partial charge in [-0.3, -0.25) is 0 Å². The van der Waals surface area contributed by atoms with Gasteiger partial charge in [-0.1, -0.05) is 135 Å². The molecule has 10 rings (SSSR count). The average Bonchev–Trinajstić information content (AvgIpc) is 3.07. The Morgan fingerprint density at radius 3 is 1.46 bits per heavy atom. The molecule has 230 valence electrons. The predicted octanol–water partition coefficient (Wildman–Crippen LogP) is 7.03. The van der Waals surface area contributed by atoms with Gasteiger partial charge in [-0.15, -0.1) is 0 Å². The summed E-state index contributed by atoms with van der Waals surface area (Å²) >= 11 is 6.44. The number of hydrogen-bond donors (Lipinski definition) is 0. The lowest BCUT2D eigenvalue weighted by molar-refractivity contribution is 0.640. The number of hydrogen-bond acceptors (Lipinski definition) is 1. The van der Waals surface area contributed by atoms with Gasteiger partial charge in [-0.25, -0.2) is 0 Å². The number of aryl methyl sites for hydroxylation is 2. The zero-order valence-corrected chi connectivity index (χ0v) is 29.1. The van der Waals surface area contributed by atoms with E-state index in [1.165, 1.54) is 94.3 Å². The van der Waals surface area contributed by atoms with E-state index >= 15 is 0 Å². The molecule has 0 spiro atoms. The monoisotopic (exact) mass is 635 g/mol. The molecule has 0 saturated heterocycles. The van der Waals surface area contributed by atoms with Gasteiger partial charge in [-0.2, -0.15) is 0 Å². The molecule has 0 radical (unpaired) electrons. The van der Waals surface area contributed by atoms with Crippen LogP contribution in [0.25, 0.3) is 11.1 Å². The van der Waals surface area contributed by atoms with Gasteiger partial charge in [0.15, 0.2) is 0 Å². The van der Waals surface area contributed by atoms with Crippen molar-refractivity contribution >= 4 is 74.9 Å². The van der Waals surface area contributed by atoms with Crippen molar-refractivity contribution in [1.82, 2.24) is 0 Å². The van der Waals surface area contributed by atoms with Gasteiger partial charge < -0.3 is 4.90 Å². The first kappa shape index (κ1) is 28.5. The third-order valence-electron chi connectivity index (χ3n) is 12.3. The SMILES string of the molecule is Cc1ccc2c3c1C(C)(C)c1ccccc1B3c1cc(-c3ccc(Cl)cc3)cc3c1N2c1ccc(C)c2c1B3c1ccccc1C2(C)C. The molecule has 0 aromatic heterocycles. The van der Waals surface area contributed by atoms with Crippen LogP contribution in [0.2, 0.25) is 5.02 Å². The fraction of sp³-hybridized carbons (Fsp3) is 0.182. The van der Waals surface area contributed by atoms with Crippen molar-refractivity contribution in [2.24, 2.45) is 0 Å². The third kappa shape index (κ3) is 3.41. The van der Waals surface area contributed by atoms with Crippen molar-refractivity contribution in [1.29, 1.82) is 0 Å². The van der Waals surface area contributed by atoms with E-state index in [4.69, 9.17) is 11.6 Å². The predicted molar refractivity (Wildman–Crippen MR) is 207 cm³/mol. The summed E-state index contributed by atoms with van der Waals surface area (Å²) in [5, 5.41) is 0.763. The van der Waals surface area contributed by atoms with Gasteiger partial charge in [0.1, 0.15) is 0 Å². The first-order valence-corrected chi connectivity index (χ1v) is 17.7. The minimum atomic E-state index is -0.122. The Morgan fingerprint density at radius 1 is 0.521 bits per heavy atom. The van der Waals surface area contributed by atoms with Gasteiger partial charge in [0.25, 0.3) is 0 Å². The van der Waals surface area contributed by atoms with E-state index in [2.05, 4.69) is 144 Å². The summed E-state index contributed by atoms with van der Waals surface area (Å²) in [5.74, 6) is 0. The lowest BCUT2D eigenvalue weighted by atomic mass is 9.26. The minimum Gasteiger partial charge on any atom is -0.313 e. The minimum absolute atomic E-state index is 0.122. The van der Waals surface area contributed by atoms with Crippen molar-refractivity contribution in [3.63, 3.8) is 0 Å². The van der Waals surface area contributed by atoms with E-state index in [1.807, 2.05) is 12.1 Å². The molecule has 4 aliphatic heterocycles. The molecule has 0 fully saturated rings. The Labute approximate surface area is 289 Å². The van der Waals surface area contributed by atoms with Crippen LogP contribution in [-0.4, -0.2) is 13.4 Å². The van der Waals surface area contributed by atoms with E-state index in [0.29, 0.717) is 0 Å². The molecule has 4 heteroatoms. The first-order valence-electron chi connectivity index (χ1n) is 17.3. The van der Waals surface area contributed by atoms with Crippen LogP contribution in [0.5, 0.6) is 0 Å². The van der Waals surface area contributed by atoms with Crippen LogP contribution in [0, 0.1) is 13.8 Å². The molecule has 4 aliphatic rings. The molecule has 0 bridgehead atoms. The van der Waals surface area contributed by atoms with Crippen molar-refractivity contribution in [2.45, 2.75) is 52.4 Å². The number of benzene rings is 6. The van der Waals surface area contributed by atoms with E-state index in [9.17, 15) is 0 Å². The van der Waals surface area contributed by atoms with Crippen molar-refractivity contribution in [3.8, 4) is 11.1 Å². The smallest absolute Gasteiger partial charge is 0.247 e. The second-order valence-electron chi connectivity index (χ2n) is 15.5. The van der Waals surface area contributed by atoms with E-state index < -0.39 is 0 Å². The highest BCUT2D eigenvalue weighted by Crippen LogP contribution is 2.47. The van der Waals surface area contributed by atoms with Crippen LogP contribution in [-0.2, 0) is 10.8 Å². The summed E-state index contributed by atoms with van der Waals surface area (Å²) in [4.78, 5) is 2.66. The van der Waals surface area contributed by atoms with Gasteiger partial charge in [0, 0.05) is 32.9 Å². The van der Waals surface area contributed by atoms with E-state index in [-0.39, 0.29) is 24.3 Å². The fourth-order valence-electron chi connectivity index (χ4n) is 10.5. The molecule has 0 N–H and O–H groups in total. The topological polar surface area (TPSA) is 3.24 Å². The van der Waals surface area contributed by atoms with Crippen LogP contribution < -0.4 is 37.7 Å². The fourth-order valence-corrected chi connectivity index (χ4v) is 10.6. The molecule has 0 aliphatic carbocycles. The zero-order valence-electron chi connectivity index (χ0n) is 28.4. The Hall–Kier alpha value is -4.46. The second kappa shape index (κ2) is 9.36. The summed E-state index contributed by atoms with van der Waals surface area (Å²) < 4.78 is 0. The molecule has 0 amide bonds. The van der Waals surface area contributed by atoms with Gasteiger partial charge in [-0.05, 0) is 104 Å². The summed E-state index contributed by atoms with van der Waals surface area (Å²) in [6.07, 6.45) is 0. The molecule has 6 aromatic rings. The maximum Gasteiger partial charge on any atom is 0.247 e. The van der Waals surface area contributed by atoms with Crippen molar-refractivity contribution < 1.29 is 0 Å². The Morgan fingerprint density at radius 2 is 0.979 bits per heavy atom. The quantitative estimate of drug-likeness (QED) is 0.175. The van der Waals surface area contributed by atoms with Crippen LogP contribution in [0.1, 0.15) is 61.1 Å². The largest absolute Gasteiger partial charge is 0.313 e. The molecule has 1 nitrogen and oxygen atoms in total. The number of nitrogens with zero attached hydrogens (tertiary/aromatic N) is 1. The maximum atomic E-state index is 6.44. The maximum absolute atomic E-state index is 6.44. The summed E-state index contributed by atoms with van der Waals surface area (Å²) in [6, 6.07) is 41.5. The highest BCUT2D eigenvalue weighted by atomic mass is 35.5. The third-order valence-corrected chi connectivity index (χ3v) is 12.5. The van der Waals surface area contributed by atoms with Crippen LogP contribution in [0.3, 0.4) is 0 Å². The molecule has 4 heterocycles. The van der Waals surface area contributed by atoms with Gasteiger partial charge in [0.2, 0.25) is 13.4 Å². The highest BCUT2D eigenvalue weighted by Gasteiger charge is 2.52. The van der Waals surface area contributed by atoms with Crippen molar-refractivity contribution in [2.75, 3.05) is 4.90 Å². The zero-order chi connectivity index (χ0) is 32.9. The van der Waals surface area contributed by atoms with E-state index in [0.717, 1.165) is 5.02 Å². The molecule has 0 saturated carbocycles. The highest BCUT2D eigenvalue weighted by molar-refractivity contribution is 7.03. The van der Waals surface area contributed by atoms with Crippen LogP contribution in [0.4, 0.5) is 17.1 Å². The Bertz CT molecular complexity index is 2260. The standard InChI is InChI=1S/C44H36B2ClN/c1-25-15-21-36-40-38(25)43(3,4)30-11-7-9-13-32(30)45(40)34-23-28(27-17-19-29(47)20-18-27)24-35-42(34)48(36)37-22-16-26(2)39-41(37)46(35)33-14-10-8-12-31(33)44(39,5)6/h7-24H,1-6H3. The second-order valence-corrected chi connectivity index (χ2v) is 16.0. The summed E-state index contributed by atoms with van der Waals surface area (Å²) in [5.41, 5.74) is 23.4. The molecule has 0 unspecified atom stereocenters. The molecule has 48 heavy (non-hydrogen) atoms. The molecular formula is C44H36B2ClN. The molecule has 6 aromatic carbocycles. The van der Waals surface area contributed by atoms with E-state index in [1.54, 1.807) is 0 Å². The number of halogens is 1. The number of anilines is 3. The van der Waals surface area contributed by atoms with Crippen LogP contribution in [0.15, 0.2) is 109 Å². The summed E-state index contributed by atoms with van der Waals surface area (Å²) in [7, 11) is 0. The number of fused-ring (bicyclic) bond motifs is 8. The van der Waals surface area contributed by atoms with Gasteiger partial charge in [0.05, 0.1) is 0 Å². The lowest BCUT2D eigenvalue weighted by Crippen LogP contribution is -2.70. The summed E-state index contributed by atoms with van der Waals surface area (Å²) in [6.45, 7) is 14.6. The lowest BCUT2D eigenvalue weighted by Gasteiger charge is -2.51. The van der Waals surface area contributed by atoms with Crippen molar-refractivity contribution in [3.05, 3.63) is 148 Å². The molecule has 0 atom stereocenters. The van der Waals surface area contributed by atoms with Crippen LogP contribution >= 0.6 is 11.6 Å². The molecular weight excluding hydrogens is 600 g/mol. The average molecular weight is 636 g/mol. The normalized spacial score (nSPS) is 16.4.